The number of hydrogen-bond donors (Lipinski definition) is 2. The lowest BCUT2D eigenvalue weighted by Crippen LogP contribution is -2.25. The van der Waals surface area contributed by atoms with E-state index in [4.69, 9.17) is 14.9 Å². The molecule has 0 aliphatic heterocycles. The van der Waals surface area contributed by atoms with Gasteiger partial charge in [-0.25, -0.2) is 0 Å². The van der Waals surface area contributed by atoms with Gasteiger partial charge in [0.2, 0.25) is 0 Å². The Morgan fingerprint density at radius 3 is 2.25 bits per heavy atom. The molecule has 2 N–H and O–H groups in total. The lowest BCUT2D eigenvalue weighted by atomic mass is 9.84. The van der Waals surface area contributed by atoms with E-state index in [1.807, 2.05) is 13.8 Å². The van der Waals surface area contributed by atoms with E-state index in [-0.39, 0.29) is 24.5 Å². The molecule has 0 saturated carbocycles. The summed E-state index contributed by atoms with van der Waals surface area (Å²) in [6.07, 6.45) is 0.786. The van der Waals surface area contributed by atoms with Crippen LogP contribution in [-0.2, 0) is 4.74 Å². The Balaban J connectivity index is 3.83. The van der Waals surface area contributed by atoms with Crippen molar-refractivity contribution in [3.63, 3.8) is 0 Å². The van der Waals surface area contributed by atoms with Gasteiger partial charge in [-0.3, -0.25) is 0 Å². The average Bonchev–Trinajstić information content (AvgIpc) is 2.03. The fourth-order valence-corrected chi connectivity index (χ4v) is 1.26. The monoisotopic (exact) mass is 176 g/mol. The first-order valence-corrected chi connectivity index (χ1v) is 4.26. The van der Waals surface area contributed by atoms with E-state index in [1.54, 1.807) is 7.11 Å². The highest BCUT2D eigenvalue weighted by molar-refractivity contribution is 4.72. The predicted octanol–water partition coefficient (Wildman–Crippen LogP) is 0.650. The SMILES string of the molecule is COCC(CO)CC(C)(C)CO. The first kappa shape index (κ1) is 11.9. The molecule has 3 heteroatoms. The van der Waals surface area contributed by atoms with Crippen molar-refractivity contribution in [1.29, 1.82) is 0 Å². The summed E-state index contributed by atoms with van der Waals surface area (Å²) < 4.78 is 4.94. The minimum Gasteiger partial charge on any atom is -0.396 e. The van der Waals surface area contributed by atoms with Gasteiger partial charge in [-0.2, -0.15) is 0 Å². The molecule has 0 aromatic carbocycles. The fraction of sp³-hybridized carbons (Fsp3) is 1.00. The van der Waals surface area contributed by atoms with Gasteiger partial charge in [-0.1, -0.05) is 13.8 Å². The van der Waals surface area contributed by atoms with Gasteiger partial charge in [-0.15, -0.1) is 0 Å². The van der Waals surface area contributed by atoms with Gasteiger partial charge in [0.05, 0.1) is 6.61 Å². The van der Waals surface area contributed by atoms with Crippen LogP contribution in [0.1, 0.15) is 20.3 Å². The zero-order chi connectivity index (χ0) is 9.61. The van der Waals surface area contributed by atoms with Crippen molar-refractivity contribution in [1.82, 2.24) is 0 Å². The summed E-state index contributed by atoms with van der Waals surface area (Å²) in [5, 5.41) is 17.9. The van der Waals surface area contributed by atoms with E-state index in [9.17, 15) is 0 Å². The molecule has 0 spiro atoms. The first-order valence-electron chi connectivity index (χ1n) is 4.26. The Morgan fingerprint density at radius 1 is 1.33 bits per heavy atom. The third-order valence-electron chi connectivity index (χ3n) is 1.93. The van der Waals surface area contributed by atoms with Crippen LogP contribution in [0.15, 0.2) is 0 Å². The summed E-state index contributed by atoms with van der Waals surface area (Å²) in [7, 11) is 1.62. The Bertz CT molecular complexity index is 112. The van der Waals surface area contributed by atoms with Crippen LogP contribution in [0.5, 0.6) is 0 Å². The molecule has 12 heavy (non-hydrogen) atoms. The minimum atomic E-state index is -0.119. The maximum absolute atomic E-state index is 8.98. The quantitative estimate of drug-likeness (QED) is 0.624. The normalized spacial score (nSPS) is 14.8. The van der Waals surface area contributed by atoms with Crippen molar-refractivity contribution < 1.29 is 14.9 Å². The number of aliphatic hydroxyl groups is 2. The van der Waals surface area contributed by atoms with Crippen LogP contribution in [0.2, 0.25) is 0 Å². The molecule has 0 aliphatic carbocycles. The molecule has 0 heterocycles. The molecule has 0 aromatic heterocycles. The van der Waals surface area contributed by atoms with E-state index >= 15 is 0 Å². The molecule has 1 atom stereocenters. The molecule has 0 bridgehead atoms. The molecule has 3 nitrogen and oxygen atoms in total. The maximum atomic E-state index is 8.98. The first-order chi connectivity index (χ1) is 5.55. The van der Waals surface area contributed by atoms with E-state index in [0.717, 1.165) is 6.42 Å². The van der Waals surface area contributed by atoms with E-state index in [0.29, 0.717) is 6.61 Å². The van der Waals surface area contributed by atoms with Gasteiger partial charge < -0.3 is 14.9 Å². The van der Waals surface area contributed by atoms with Gasteiger partial charge in [-0.05, 0) is 11.8 Å². The highest BCUT2D eigenvalue weighted by Gasteiger charge is 2.21. The Hall–Kier alpha value is -0.120. The smallest absolute Gasteiger partial charge is 0.0512 e. The molecule has 0 aliphatic rings. The predicted molar refractivity (Wildman–Crippen MR) is 47.9 cm³/mol. The topological polar surface area (TPSA) is 49.7 Å². The zero-order valence-electron chi connectivity index (χ0n) is 8.21. The van der Waals surface area contributed by atoms with Crippen LogP contribution in [-0.4, -0.2) is 37.1 Å². The summed E-state index contributed by atoms with van der Waals surface area (Å²) in [6.45, 7) is 4.78. The minimum absolute atomic E-state index is 0.119. The number of rotatable bonds is 6. The van der Waals surface area contributed by atoms with Gasteiger partial charge >= 0.3 is 0 Å². The number of hydrogen-bond acceptors (Lipinski definition) is 3. The van der Waals surface area contributed by atoms with Gasteiger partial charge in [0, 0.05) is 26.2 Å². The van der Waals surface area contributed by atoms with Crippen molar-refractivity contribution in [2.45, 2.75) is 20.3 Å². The summed E-state index contributed by atoms with van der Waals surface area (Å²) >= 11 is 0. The lowest BCUT2D eigenvalue weighted by molar-refractivity contribution is 0.0591. The molecular formula is C9H20O3. The second-order valence-electron chi connectivity index (χ2n) is 4.03. The standard InChI is InChI=1S/C9H20O3/c1-9(2,7-11)4-8(5-10)6-12-3/h8,10-11H,4-7H2,1-3H3. The van der Waals surface area contributed by atoms with Crippen LogP contribution in [0.25, 0.3) is 0 Å². The van der Waals surface area contributed by atoms with E-state index in [2.05, 4.69) is 0 Å². The molecule has 0 radical (unpaired) electrons. The van der Waals surface area contributed by atoms with Crippen molar-refractivity contribution in [3.8, 4) is 0 Å². The van der Waals surface area contributed by atoms with Gasteiger partial charge in [0.15, 0.2) is 0 Å². The van der Waals surface area contributed by atoms with Crippen LogP contribution < -0.4 is 0 Å². The number of ether oxygens (including phenoxy) is 1. The summed E-state index contributed by atoms with van der Waals surface area (Å²) in [5.74, 6) is 0.136. The molecule has 0 fully saturated rings. The molecule has 74 valence electrons. The molecule has 1 unspecified atom stereocenters. The van der Waals surface area contributed by atoms with Crippen molar-refractivity contribution >= 4 is 0 Å². The maximum Gasteiger partial charge on any atom is 0.0512 e. The number of methoxy groups -OCH3 is 1. The van der Waals surface area contributed by atoms with Crippen LogP contribution >= 0.6 is 0 Å². The molecule has 0 aromatic rings. The summed E-state index contributed by atoms with van der Waals surface area (Å²) in [4.78, 5) is 0. The third kappa shape index (κ3) is 4.70. The van der Waals surface area contributed by atoms with Crippen molar-refractivity contribution in [3.05, 3.63) is 0 Å². The second-order valence-corrected chi connectivity index (χ2v) is 4.03. The Morgan fingerprint density at radius 2 is 1.92 bits per heavy atom. The van der Waals surface area contributed by atoms with Gasteiger partial charge in [0.1, 0.15) is 0 Å². The highest BCUT2D eigenvalue weighted by Crippen LogP contribution is 2.24. The summed E-state index contributed by atoms with van der Waals surface area (Å²) in [6, 6.07) is 0. The number of aliphatic hydroxyl groups excluding tert-OH is 2. The average molecular weight is 176 g/mol. The van der Waals surface area contributed by atoms with Crippen molar-refractivity contribution in [2.75, 3.05) is 26.9 Å². The van der Waals surface area contributed by atoms with Crippen molar-refractivity contribution in [2.24, 2.45) is 11.3 Å². The van der Waals surface area contributed by atoms with Crippen LogP contribution in [0.4, 0.5) is 0 Å². The second kappa shape index (κ2) is 5.51. The van der Waals surface area contributed by atoms with E-state index < -0.39 is 0 Å². The third-order valence-corrected chi connectivity index (χ3v) is 1.93. The fourth-order valence-electron chi connectivity index (χ4n) is 1.26. The molecular weight excluding hydrogens is 156 g/mol. The molecule has 0 saturated heterocycles. The van der Waals surface area contributed by atoms with Gasteiger partial charge in [0.25, 0.3) is 0 Å². The molecule has 0 rings (SSSR count). The van der Waals surface area contributed by atoms with Crippen LogP contribution in [0, 0.1) is 11.3 Å². The largest absolute Gasteiger partial charge is 0.396 e. The lowest BCUT2D eigenvalue weighted by Gasteiger charge is -2.26. The Labute approximate surface area is 74.4 Å². The molecule has 0 amide bonds. The summed E-state index contributed by atoms with van der Waals surface area (Å²) in [5.41, 5.74) is -0.119. The zero-order valence-corrected chi connectivity index (χ0v) is 8.21. The van der Waals surface area contributed by atoms with E-state index in [1.165, 1.54) is 0 Å². The highest BCUT2D eigenvalue weighted by atomic mass is 16.5. The van der Waals surface area contributed by atoms with Crippen LogP contribution in [0.3, 0.4) is 0 Å². The Kier molecular flexibility index (Phi) is 5.46.